The van der Waals surface area contributed by atoms with E-state index in [2.05, 4.69) is 0 Å². The van der Waals surface area contributed by atoms with Gasteiger partial charge >= 0.3 is 5.97 Å². The van der Waals surface area contributed by atoms with Crippen molar-refractivity contribution in [2.45, 2.75) is 0 Å². The molecule has 21 heavy (non-hydrogen) atoms. The van der Waals surface area contributed by atoms with E-state index >= 15 is 0 Å². The van der Waals surface area contributed by atoms with Gasteiger partial charge in [0.25, 0.3) is 0 Å². The molecule has 0 aromatic heterocycles. The summed E-state index contributed by atoms with van der Waals surface area (Å²) in [6, 6.07) is 12.7. The van der Waals surface area contributed by atoms with E-state index in [1.165, 1.54) is 0 Å². The molecule has 2 rings (SSSR count). The van der Waals surface area contributed by atoms with Crippen molar-refractivity contribution in [3.63, 3.8) is 0 Å². The summed E-state index contributed by atoms with van der Waals surface area (Å²) in [4.78, 5) is 10.5. The molecule has 2 aromatic rings. The molecule has 2 aromatic carbocycles. The van der Waals surface area contributed by atoms with Gasteiger partial charge in [0.15, 0.2) is 6.61 Å². The highest BCUT2D eigenvalue weighted by Gasteiger charge is 2.08. The van der Waals surface area contributed by atoms with Gasteiger partial charge < -0.3 is 19.3 Å². The van der Waals surface area contributed by atoms with Gasteiger partial charge in [-0.15, -0.1) is 0 Å². The molecule has 0 saturated carbocycles. The summed E-state index contributed by atoms with van der Waals surface area (Å²) in [7, 11) is 3.21. The van der Waals surface area contributed by atoms with Gasteiger partial charge in [0.05, 0.1) is 14.2 Å². The fourth-order valence-corrected chi connectivity index (χ4v) is 1.92. The zero-order valence-corrected chi connectivity index (χ0v) is 11.8. The van der Waals surface area contributed by atoms with E-state index in [0.29, 0.717) is 5.75 Å². The van der Waals surface area contributed by atoms with Crippen LogP contribution in [0, 0.1) is 0 Å². The van der Waals surface area contributed by atoms with Gasteiger partial charge in [0.2, 0.25) is 0 Å². The number of hydrogen-bond acceptors (Lipinski definition) is 4. The number of methoxy groups -OCH3 is 2. The van der Waals surface area contributed by atoms with E-state index in [0.717, 1.165) is 22.6 Å². The second-order valence-electron chi connectivity index (χ2n) is 4.27. The van der Waals surface area contributed by atoms with Crippen molar-refractivity contribution in [3.8, 4) is 28.4 Å². The summed E-state index contributed by atoms with van der Waals surface area (Å²) in [6.07, 6.45) is 0. The lowest BCUT2D eigenvalue weighted by atomic mass is 10.0. The van der Waals surface area contributed by atoms with Gasteiger partial charge in [-0.05, 0) is 35.9 Å². The van der Waals surface area contributed by atoms with Crippen molar-refractivity contribution in [1.82, 2.24) is 0 Å². The largest absolute Gasteiger partial charge is 0.497 e. The van der Waals surface area contributed by atoms with E-state index in [4.69, 9.17) is 19.3 Å². The molecule has 0 heterocycles. The lowest BCUT2D eigenvalue weighted by Crippen LogP contribution is -2.09. The molecule has 5 nitrogen and oxygen atoms in total. The van der Waals surface area contributed by atoms with Crippen molar-refractivity contribution in [2.75, 3.05) is 20.8 Å². The SMILES string of the molecule is COc1ccc(OC)c(-c2ccc(OCC(=O)O)cc2)c1. The molecule has 0 saturated heterocycles. The van der Waals surface area contributed by atoms with Gasteiger partial charge in [-0.25, -0.2) is 4.79 Å². The van der Waals surface area contributed by atoms with Crippen LogP contribution in [0.3, 0.4) is 0 Å². The van der Waals surface area contributed by atoms with Crippen LogP contribution in [-0.2, 0) is 4.79 Å². The highest BCUT2D eigenvalue weighted by Crippen LogP contribution is 2.34. The number of carboxylic acids is 1. The van der Waals surface area contributed by atoms with E-state index in [1.807, 2.05) is 30.3 Å². The Morgan fingerprint density at radius 1 is 1.00 bits per heavy atom. The summed E-state index contributed by atoms with van der Waals surface area (Å²) < 4.78 is 15.7. The van der Waals surface area contributed by atoms with Gasteiger partial charge in [-0.1, -0.05) is 12.1 Å². The topological polar surface area (TPSA) is 65.0 Å². The fourth-order valence-electron chi connectivity index (χ4n) is 1.92. The molecule has 0 spiro atoms. The van der Waals surface area contributed by atoms with Crippen LogP contribution in [0.15, 0.2) is 42.5 Å². The molecule has 1 N–H and O–H groups in total. The van der Waals surface area contributed by atoms with E-state index in [1.54, 1.807) is 26.4 Å². The van der Waals surface area contributed by atoms with Crippen LogP contribution in [0.5, 0.6) is 17.2 Å². The molecule has 0 aliphatic carbocycles. The van der Waals surface area contributed by atoms with Crippen LogP contribution < -0.4 is 14.2 Å². The Kier molecular flexibility index (Phi) is 4.66. The Balaban J connectivity index is 2.27. The van der Waals surface area contributed by atoms with E-state index in [9.17, 15) is 4.79 Å². The Labute approximate surface area is 122 Å². The van der Waals surface area contributed by atoms with Crippen LogP contribution in [0.25, 0.3) is 11.1 Å². The number of carboxylic acid groups (broad SMARTS) is 1. The Hall–Kier alpha value is -2.69. The first-order chi connectivity index (χ1) is 10.1. The van der Waals surface area contributed by atoms with Crippen LogP contribution >= 0.6 is 0 Å². The summed E-state index contributed by atoms with van der Waals surface area (Å²) in [5.41, 5.74) is 1.81. The molecule has 0 fully saturated rings. The van der Waals surface area contributed by atoms with Crippen molar-refractivity contribution < 1.29 is 24.1 Å². The zero-order chi connectivity index (χ0) is 15.2. The first-order valence-electron chi connectivity index (χ1n) is 6.31. The summed E-state index contributed by atoms with van der Waals surface area (Å²) in [5.74, 6) is 0.962. The van der Waals surface area contributed by atoms with Crippen LogP contribution in [0.4, 0.5) is 0 Å². The standard InChI is InChI=1S/C16H16O5/c1-19-13-7-8-15(20-2)14(9-13)11-3-5-12(6-4-11)21-10-16(17)18/h3-9H,10H2,1-2H3,(H,17,18). The van der Waals surface area contributed by atoms with E-state index in [-0.39, 0.29) is 6.61 Å². The van der Waals surface area contributed by atoms with Gasteiger partial charge in [-0.2, -0.15) is 0 Å². The minimum Gasteiger partial charge on any atom is -0.497 e. The average molecular weight is 288 g/mol. The normalized spacial score (nSPS) is 10.0. The number of carbonyl (C=O) groups is 1. The lowest BCUT2D eigenvalue weighted by Gasteiger charge is -2.11. The predicted octanol–water partition coefficient (Wildman–Crippen LogP) is 2.83. The fraction of sp³-hybridized carbons (Fsp3) is 0.188. The summed E-state index contributed by atoms with van der Waals surface area (Å²) >= 11 is 0. The highest BCUT2D eigenvalue weighted by molar-refractivity contribution is 5.72. The number of hydrogen-bond donors (Lipinski definition) is 1. The van der Waals surface area contributed by atoms with Gasteiger partial charge in [0, 0.05) is 5.56 Å². The lowest BCUT2D eigenvalue weighted by molar-refractivity contribution is -0.139. The molecular weight excluding hydrogens is 272 g/mol. The molecule has 5 heteroatoms. The molecule has 0 aliphatic rings. The third kappa shape index (κ3) is 3.66. The second-order valence-corrected chi connectivity index (χ2v) is 4.27. The van der Waals surface area contributed by atoms with E-state index < -0.39 is 5.97 Å². The average Bonchev–Trinajstić information content (AvgIpc) is 2.52. The molecule has 110 valence electrons. The second kappa shape index (κ2) is 6.65. The third-order valence-electron chi connectivity index (χ3n) is 2.93. The highest BCUT2D eigenvalue weighted by atomic mass is 16.5. The third-order valence-corrected chi connectivity index (χ3v) is 2.93. The maximum atomic E-state index is 10.5. The van der Waals surface area contributed by atoms with Gasteiger partial charge in [0.1, 0.15) is 17.2 Å². The maximum Gasteiger partial charge on any atom is 0.341 e. The smallest absolute Gasteiger partial charge is 0.341 e. The minimum atomic E-state index is -1.01. The number of aliphatic carboxylic acids is 1. The summed E-state index contributed by atoms with van der Waals surface area (Å²) in [6.45, 7) is -0.359. The van der Waals surface area contributed by atoms with Crippen molar-refractivity contribution in [3.05, 3.63) is 42.5 Å². The summed E-state index contributed by atoms with van der Waals surface area (Å²) in [5, 5.41) is 8.58. The van der Waals surface area contributed by atoms with Crippen LogP contribution in [0.1, 0.15) is 0 Å². The first kappa shape index (κ1) is 14.7. The molecule has 0 bridgehead atoms. The van der Waals surface area contributed by atoms with Crippen LogP contribution in [0.2, 0.25) is 0 Å². The predicted molar refractivity (Wildman–Crippen MR) is 78.1 cm³/mol. The molecular formula is C16H16O5. The Morgan fingerprint density at radius 2 is 1.67 bits per heavy atom. The van der Waals surface area contributed by atoms with Crippen molar-refractivity contribution in [1.29, 1.82) is 0 Å². The minimum absolute atomic E-state index is 0.359. The molecule has 0 aliphatic heterocycles. The van der Waals surface area contributed by atoms with Gasteiger partial charge in [-0.3, -0.25) is 0 Å². The van der Waals surface area contributed by atoms with Crippen LogP contribution in [-0.4, -0.2) is 31.9 Å². The quantitative estimate of drug-likeness (QED) is 0.885. The number of ether oxygens (including phenoxy) is 3. The number of benzene rings is 2. The first-order valence-corrected chi connectivity index (χ1v) is 6.31. The monoisotopic (exact) mass is 288 g/mol. The van der Waals surface area contributed by atoms with Crippen molar-refractivity contribution in [2.24, 2.45) is 0 Å². The molecule has 0 radical (unpaired) electrons. The Bertz CT molecular complexity index is 619. The zero-order valence-electron chi connectivity index (χ0n) is 11.8. The van der Waals surface area contributed by atoms with Crippen molar-refractivity contribution >= 4 is 5.97 Å². The molecule has 0 amide bonds. The Morgan fingerprint density at radius 3 is 2.24 bits per heavy atom. The maximum absolute atomic E-state index is 10.5. The molecule has 0 atom stereocenters. The molecule has 0 unspecified atom stereocenters. The number of rotatable bonds is 6.